The van der Waals surface area contributed by atoms with Gasteiger partial charge in [0.2, 0.25) is 5.91 Å². The summed E-state index contributed by atoms with van der Waals surface area (Å²) >= 11 is 0. The van der Waals surface area contributed by atoms with E-state index in [0.29, 0.717) is 17.7 Å². The van der Waals surface area contributed by atoms with E-state index in [0.717, 1.165) is 5.56 Å². The van der Waals surface area contributed by atoms with Crippen LogP contribution in [0.4, 0.5) is 0 Å². The molecular formula is C20H22N2O5. The molecule has 7 nitrogen and oxygen atoms in total. The van der Waals surface area contributed by atoms with E-state index in [9.17, 15) is 14.4 Å². The Morgan fingerprint density at radius 1 is 0.963 bits per heavy atom. The second-order valence-electron chi connectivity index (χ2n) is 5.74. The Balaban J connectivity index is 1.90. The zero-order chi connectivity index (χ0) is 19.6. The van der Waals surface area contributed by atoms with Crippen LogP contribution in [0.25, 0.3) is 0 Å². The topological polar surface area (TPSA) is 93.7 Å². The fourth-order valence-electron chi connectivity index (χ4n) is 2.44. The summed E-state index contributed by atoms with van der Waals surface area (Å²) in [4.78, 5) is 36.2. The van der Waals surface area contributed by atoms with Gasteiger partial charge in [-0.05, 0) is 29.8 Å². The summed E-state index contributed by atoms with van der Waals surface area (Å²) in [7, 11) is 2.80. The summed E-state index contributed by atoms with van der Waals surface area (Å²) in [5.74, 6) is -0.798. The van der Waals surface area contributed by atoms with Crippen LogP contribution in [0, 0.1) is 0 Å². The molecule has 2 aromatic carbocycles. The molecule has 0 spiro atoms. The van der Waals surface area contributed by atoms with Crippen molar-refractivity contribution in [2.24, 2.45) is 0 Å². The van der Waals surface area contributed by atoms with Crippen LogP contribution in [-0.4, -0.2) is 44.6 Å². The van der Waals surface area contributed by atoms with Crippen LogP contribution in [0.5, 0.6) is 5.75 Å². The zero-order valence-corrected chi connectivity index (χ0v) is 15.2. The summed E-state index contributed by atoms with van der Waals surface area (Å²) in [6.45, 7) is -0.257. The lowest BCUT2D eigenvalue weighted by Crippen LogP contribution is -2.47. The third kappa shape index (κ3) is 6.14. The molecule has 0 radical (unpaired) electrons. The number of rotatable bonds is 8. The monoisotopic (exact) mass is 370 g/mol. The van der Waals surface area contributed by atoms with Gasteiger partial charge in [0.1, 0.15) is 11.8 Å². The quantitative estimate of drug-likeness (QED) is 0.684. The maximum absolute atomic E-state index is 12.1. The summed E-state index contributed by atoms with van der Waals surface area (Å²) in [5.41, 5.74) is 1.29. The standard InChI is InChI=1S/C20H22N2O5/c1-26-16-10-8-15(9-11-16)19(24)21-13-18(23)22-17(20(25)27-2)12-14-6-4-3-5-7-14/h3-11,17H,12-13H2,1-2H3,(H,21,24)(H,22,23)/t17-/m0/s1. The smallest absolute Gasteiger partial charge is 0.328 e. The largest absolute Gasteiger partial charge is 0.497 e. The van der Waals surface area contributed by atoms with Gasteiger partial charge in [-0.2, -0.15) is 0 Å². The molecule has 0 saturated heterocycles. The first kappa shape index (κ1) is 20.0. The average molecular weight is 370 g/mol. The molecule has 1 atom stereocenters. The second-order valence-corrected chi connectivity index (χ2v) is 5.74. The molecule has 142 valence electrons. The minimum atomic E-state index is -0.831. The molecule has 0 bridgehead atoms. The van der Waals surface area contributed by atoms with Gasteiger partial charge >= 0.3 is 5.97 Å². The predicted octanol–water partition coefficient (Wildman–Crippen LogP) is 1.33. The first-order chi connectivity index (χ1) is 13.0. The number of esters is 1. The summed E-state index contributed by atoms with van der Waals surface area (Å²) < 4.78 is 9.78. The molecule has 2 N–H and O–H groups in total. The molecule has 0 aliphatic heterocycles. The highest BCUT2D eigenvalue weighted by molar-refractivity contribution is 5.97. The normalized spacial score (nSPS) is 11.2. The first-order valence-corrected chi connectivity index (χ1v) is 8.37. The number of methoxy groups -OCH3 is 2. The molecular weight excluding hydrogens is 348 g/mol. The summed E-state index contributed by atoms with van der Waals surface area (Å²) in [5, 5.41) is 5.11. The van der Waals surface area contributed by atoms with E-state index in [1.807, 2.05) is 30.3 Å². The fourth-order valence-corrected chi connectivity index (χ4v) is 2.44. The average Bonchev–Trinajstić information content (AvgIpc) is 2.71. The molecule has 2 amide bonds. The van der Waals surface area contributed by atoms with Gasteiger partial charge < -0.3 is 20.1 Å². The van der Waals surface area contributed by atoms with E-state index in [2.05, 4.69) is 10.6 Å². The van der Waals surface area contributed by atoms with Crippen molar-refractivity contribution in [1.29, 1.82) is 0 Å². The minimum absolute atomic E-state index is 0.257. The summed E-state index contributed by atoms with van der Waals surface area (Å²) in [6.07, 6.45) is 0.297. The van der Waals surface area contributed by atoms with Crippen molar-refractivity contribution in [3.05, 3.63) is 65.7 Å². The number of carbonyl (C=O) groups excluding carboxylic acids is 3. The van der Waals surface area contributed by atoms with Crippen molar-refractivity contribution in [1.82, 2.24) is 10.6 Å². The van der Waals surface area contributed by atoms with Gasteiger partial charge in [-0.25, -0.2) is 4.79 Å². The molecule has 2 aromatic rings. The number of hydrogen-bond acceptors (Lipinski definition) is 5. The highest BCUT2D eigenvalue weighted by atomic mass is 16.5. The molecule has 0 heterocycles. The van der Waals surface area contributed by atoms with Crippen molar-refractivity contribution < 1.29 is 23.9 Å². The van der Waals surface area contributed by atoms with Crippen molar-refractivity contribution in [3.8, 4) is 5.75 Å². The third-order valence-corrected chi connectivity index (χ3v) is 3.87. The van der Waals surface area contributed by atoms with Gasteiger partial charge in [-0.3, -0.25) is 9.59 Å². The zero-order valence-electron chi connectivity index (χ0n) is 15.2. The lowest BCUT2D eigenvalue weighted by atomic mass is 10.1. The number of nitrogens with one attached hydrogen (secondary N) is 2. The molecule has 0 aromatic heterocycles. The number of carbonyl (C=O) groups is 3. The van der Waals surface area contributed by atoms with E-state index in [1.165, 1.54) is 14.2 Å². The van der Waals surface area contributed by atoms with Gasteiger partial charge in [0.15, 0.2) is 0 Å². The fraction of sp³-hybridized carbons (Fsp3) is 0.250. The van der Waals surface area contributed by atoms with Crippen molar-refractivity contribution >= 4 is 17.8 Å². The van der Waals surface area contributed by atoms with Gasteiger partial charge in [0.25, 0.3) is 5.91 Å². The van der Waals surface area contributed by atoms with Crippen LogP contribution in [-0.2, 0) is 20.7 Å². The van der Waals surface area contributed by atoms with E-state index in [-0.39, 0.29) is 6.54 Å². The number of hydrogen-bond donors (Lipinski definition) is 2. The lowest BCUT2D eigenvalue weighted by molar-refractivity contribution is -0.144. The van der Waals surface area contributed by atoms with Crippen LogP contribution in [0.1, 0.15) is 15.9 Å². The van der Waals surface area contributed by atoms with E-state index < -0.39 is 23.8 Å². The Labute approximate surface area is 157 Å². The van der Waals surface area contributed by atoms with Crippen LogP contribution in [0.15, 0.2) is 54.6 Å². The highest BCUT2D eigenvalue weighted by Crippen LogP contribution is 2.11. The van der Waals surface area contributed by atoms with E-state index >= 15 is 0 Å². The molecule has 2 rings (SSSR count). The van der Waals surface area contributed by atoms with Crippen molar-refractivity contribution in [3.63, 3.8) is 0 Å². The Morgan fingerprint density at radius 2 is 1.63 bits per heavy atom. The molecule has 0 saturated carbocycles. The first-order valence-electron chi connectivity index (χ1n) is 8.37. The molecule has 27 heavy (non-hydrogen) atoms. The number of ether oxygens (including phenoxy) is 2. The van der Waals surface area contributed by atoms with Gasteiger partial charge in [0, 0.05) is 12.0 Å². The van der Waals surface area contributed by atoms with Crippen LogP contribution < -0.4 is 15.4 Å². The van der Waals surface area contributed by atoms with Crippen molar-refractivity contribution in [2.45, 2.75) is 12.5 Å². The molecule has 0 unspecified atom stereocenters. The molecule has 0 aliphatic rings. The molecule has 7 heteroatoms. The number of amides is 2. The SMILES string of the molecule is COC(=O)[C@H](Cc1ccccc1)NC(=O)CNC(=O)c1ccc(OC)cc1. The van der Waals surface area contributed by atoms with Crippen LogP contribution in [0.2, 0.25) is 0 Å². The molecule has 0 fully saturated rings. The molecule has 0 aliphatic carbocycles. The lowest BCUT2D eigenvalue weighted by Gasteiger charge is -2.17. The Kier molecular flexibility index (Phi) is 7.37. The van der Waals surface area contributed by atoms with Gasteiger partial charge in [-0.1, -0.05) is 30.3 Å². The third-order valence-electron chi connectivity index (χ3n) is 3.87. The predicted molar refractivity (Wildman–Crippen MR) is 99.4 cm³/mol. The minimum Gasteiger partial charge on any atom is -0.497 e. The Morgan fingerprint density at radius 3 is 2.22 bits per heavy atom. The Bertz CT molecular complexity index is 775. The second kappa shape index (κ2) is 9.96. The maximum atomic E-state index is 12.1. The van der Waals surface area contributed by atoms with Crippen LogP contribution >= 0.6 is 0 Å². The van der Waals surface area contributed by atoms with E-state index in [1.54, 1.807) is 24.3 Å². The van der Waals surface area contributed by atoms with Gasteiger partial charge in [0.05, 0.1) is 20.8 Å². The summed E-state index contributed by atoms with van der Waals surface area (Å²) in [6, 6.07) is 14.9. The Hall–Kier alpha value is -3.35. The number of benzene rings is 2. The van der Waals surface area contributed by atoms with Gasteiger partial charge in [-0.15, -0.1) is 0 Å². The van der Waals surface area contributed by atoms with Crippen molar-refractivity contribution in [2.75, 3.05) is 20.8 Å². The van der Waals surface area contributed by atoms with E-state index in [4.69, 9.17) is 9.47 Å². The van der Waals surface area contributed by atoms with Crippen LogP contribution in [0.3, 0.4) is 0 Å². The highest BCUT2D eigenvalue weighted by Gasteiger charge is 2.22. The maximum Gasteiger partial charge on any atom is 0.328 e.